The summed E-state index contributed by atoms with van der Waals surface area (Å²) in [6.07, 6.45) is 2.04. The van der Waals surface area contributed by atoms with Gasteiger partial charge >= 0.3 is 0 Å². The Labute approximate surface area is 102 Å². The second kappa shape index (κ2) is 4.15. The van der Waals surface area contributed by atoms with E-state index >= 15 is 0 Å². The normalized spacial score (nSPS) is 27.0. The van der Waals surface area contributed by atoms with Gasteiger partial charge in [0.05, 0.1) is 5.92 Å². The first-order valence-corrected chi connectivity index (χ1v) is 6.44. The molecule has 1 amide bonds. The van der Waals surface area contributed by atoms with E-state index in [2.05, 4.69) is 35.8 Å². The van der Waals surface area contributed by atoms with Crippen LogP contribution in [0.5, 0.6) is 0 Å². The molecule has 17 heavy (non-hydrogen) atoms. The Morgan fingerprint density at radius 1 is 1.35 bits per heavy atom. The Kier molecular flexibility index (Phi) is 2.63. The summed E-state index contributed by atoms with van der Waals surface area (Å²) in [4.78, 5) is 12.1. The fourth-order valence-electron chi connectivity index (χ4n) is 3.10. The number of hydrogen-bond acceptors (Lipinski definition) is 2. The second-order valence-electron chi connectivity index (χ2n) is 4.93. The third-order valence-corrected chi connectivity index (χ3v) is 4.03. The van der Waals surface area contributed by atoms with E-state index in [1.54, 1.807) is 0 Å². The van der Waals surface area contributed by atoms with Gasteiger partial charge in [-0.3, -0.25) is 4.79 Å². The van der Waals surface area contributed by atoms with E-state index in [0.29, 0.717) is 5.92 Å². The Balaban J connectivity index is 2.08. The second-order valence-corrected chi connectivity index (χ2v) is 4.93. The number of piperidine rings is 1. The van der Waals surface area contributed by atoms with Crippen molar-refractivity contribution in [3.63, 3.8) is 0 Å². The molecule has 2 N–H and O–H groups in total. The summed E-state index contributed by atoms with van der Waals surface area (Å²) >= 11 is 0. The number of hydrogen-bond donors (Lipinski definition) is 2. The third-order valence-electron chi connectivity index (χ3n) is 4.03. The number of fused-ring (bicyclic) bond motifs is 3. The van der Waals surface area contributed by atoms with Gasteiger partial charge in [-0.05, 0) is 36.4 Å². The molecule has 2 unspecified atom stereocenters. The minimum atomic E-state index is 0.114. The minimum Gasteiger partial charge on any atom is -0.325 e. The van der Waals surface area contributed by atoms with Gasteiger partial charge in [0.2, 0.25) is 5.91 Å². The summed E-state index contributed by atoms with van der Waals surface area (Å²) in [6.45, 7) is 3.97. The maximum absolute atomic E-state index is 12.1. The average molecular weight is 230 g/mol. The molecule has 1 aromatic carbocycles. The average Bonchev–Trinajstić information content (AvgIpc) is 2.39. The Morgan fingerprint density at radius 2 is 2.24 bits per heavy atom. The van der Waals surface area contributed by atoms with Crippen molar-refractivity contribution in [2.45, 2.75) is 25.7 Å². The molecule has 2 heterocycles. The number of aryl methyl sites for hydroxylation is 1. The number of anilines is 1. The Bertz CT molecular complexity index is 456. The highest BCUT2D eigenvalue weighted by Gasteiger charge is 2.37. The van der Waals surface area contributed by atoms with E-state index in [4.69, 9.17) is 0 Å². The van der Waals surface area contributed by atoms with Crippen molar-refractivity contribution in [2.24, 2.45) is 5.92 Å². The fraction of sp³-hybridized carbons (Fsp3) is 0.500. The van der Waals surface area contributed by atoms with Gasteiger partial charge in [0, 0.05) is 12.2 Å². The maximum Gasteiger partial charge on any atom is 0.229 e. The van der Waals surface area contributed by atoms with Gasteiger partial charge in [-0.1, -0.05) is 25.1 Å². The standard InChI is InChI=1S/C14H18N2O/c1-2-9-4-3-5-11-10-6-7-15-8-12(10)14(17)16-13(9)11/h3-5,10,12,15H,2,6-8H2,1H3,(H,16,17). The van der Waals surface area contributed by atoms with Crippen molar-refractivity contribution in [1.29, 1.82) is 0 Å². The molecule has 2 aliphatic heterocycles. The summed E-state index contributed by atoms with van der Waals surface area (Å²) in [5, 5.41) is 6.41. The smallest absolute Gasteiger partial charge is 0.229 e. The van der Waals surface area contributed by atoms with E-state index in [1.807, 2.05) is 0 Å². The van der Waals surface area contributed by atoms with Crippen LogP contribution < -0.4 is 10.6 Å². The fourth-order valence-corrected chi connectivity index (χ4v) is 3.10. The summed E-state index contributed by atoms with van der Waals surface area (Å²) in [7, 11) is 0. The van der Waals surface area contributed by atoms with E-state index in [9.17, 15) is 4.79 Å². The number of benzene rings is 1. The minimum absolute atomic E-state index is 0.114. The Hall–Kier alpha value is -1.35. The van der Waals surface area contributed by atoms with Crippen molar-refractivity contribution in [1.82, 2.24) is 5.32 Å². The van der Waals surface area contributed by atoms with Crippen molar-refractivity contribution in [3.05, 3.63) is 29.3 Å². The summed E-state index contributed by atoms with van der Waals surface area (Å²) in [6, 6.07) is 6.41. The van der Waals surface area contributed by atoms with Gasteiger partial charge < -0.3 is 10.6 Å². The third kappa shape index (κ3) is 1.65. The molecule has 3 rings (SSSR count). The zero-order valence-electron chi connectivity index (χ0n) is 10.1. The van der Waals surface area contributed by atoms with Crippen LogP contribution >= 0.6 is 0 Å². The molecule has 2 aliphatic rings. The first kappa shape index (κ1) is 10.8. The topological polar surface area (TPSA) is 41.1 Å². The molecule has 0 spiro atoms. The van der Waals surface area contributed by atoms with Crippen LogP contribution in [-0.2, 0) is 11.2 Å². The van der Waals surface area contributed by atoms with Gasteiger partial charge in [-0.2, -0.15) is 0 Å². The van der Waals surface area contributed by atoms with Crippen molar-refractivity contribution >= 4 is 11.6 Å². The molecule has 90 valence electrons. The molecule has 1 fully saturated rings. The lowest BCUT2D eigenvalue weighted by molar-refractivity contribution is -0.121. The molecular weight excluding hydrogens is 212 g/mol. The van der Waals surface area contributed by atoms with Gasteiger partial charge in [-0.25, -0.2) is 0 Å². The van der Waals surface area contributed by atoms with Crippen LogP contribution in [0, 0.1) is 5.92 Å². The molecule has 0 bridgehead atoms. The lowest BCUT2D eigenvalue weighted by atomic mass is 9.76. The van der Waals surface area contributed by atoms with Crippen LogP contribution in [0.2, 0.25) is 0 Å². The zero-order chi connectivity index (χ0) is 11.8. The van der Waals surface area contributed by atoms with Crippen LogP contribution in [0.3, 0.4) is 0 Å². The van der Waals surface area contributed by atoms with Gasteiger partial charge in [-0.15, -0.1) is 0 Å². The van der Waals surface area contributed by atoms with Crippen LogP contribution in [0.1, 0.15) is 30.4 Å². The number of para-hydroxylation sites is 1. The van der Waals surface area contributed by atoms with Crippen LogP contribution in [0.25, 0.3) is 0 Å². The molecule has 1 aromatic rings. The molecule has 0 aromatic heterocycles. The molecule has 0 saturated carbocycles. The van der Waals surface area contributed by atoms with Crippen LogP contribution in [0.15, 0.2) is 18.2 Å². The highest BCUT2D eigenvalue weighted by molar-refractivity contribution is 5.97. The summed E-state index contributed by atoms with van der Waals surface area (Å²) < 4.78 is 0. The number of carbonyl (C=O) groups is 1. The number of amides is 1. The quantitative estimate of drug-likeness (QED) is 0.773. The lowest BCUT2D eigenvalue weighted by Crippen LogP contribution is -2.45. The SMILES string of the molecule is CCc1cccc2c1NC(=O)C1CNCCC21. The molecule has 2 atom stereocenters. The monoisotopic (exact) mass is 230 g/mol. The van der Waals surface area contributed by atoms with Crippen molar-refractivity contribution in [2.75, 3.05) is 18.4 Å². The molecule has 0 radical (unpaired) electrons. The van der Waals surface area contributed by atoms with Crippen LogP contribution in [-0.4, -0.2) is 19.0 Å². The first-order valence-electron chi connectivity index (χ1n) is 6.44. The number of carbonyl (C=O) groups excluding carboxylic acids is 1. The van der Waals surface area contributed by atoms with Gasteiger partial charge in [0.25, 0.3) is 0 Å². The van der Waals surface area contributed by atoms with Crippen molar-refractivity contribution < 1.29 is 4.79 Å². The summed E-state index contributed by atoms with van der Waals surface area (Å²) in [5.41, 5.74) is 3.69. The maximum atomic E-state index is 12.1. The molecule has 1 saturated heterocycles. The van der Waals surface area contributed by atoms with E-state index in [1.165, 1.54) is 11.1 Å². The summed E-state index contributed by atoms with van der Waals surface area (Å²) in [5.74, 6) is 0.713. The first-order chi connectivity index (χ1) is 8.31. The van der Waals surface area contributed by atoms with E-state index < -0.39 is 0 Å². The number of nitrogens with one attached hydrogen (secondary N) is 2. The van der Waals surface area contributed by atoms with E-state index in [0.717, 1.165) is 31.6 Å². The van der Waals surface area contributed by atoms with E-state index in [-0.39, 0.29) is 11.8 Å². The lowest BCUT2D eigenvalue weighted by Gasteiger charge is -2.37. The zero-order valence-corrected chi connectivity index (χ0v) is 10.1. The highest BCUT2D eigenvalue weighted by atomic mass is 16.2. The highest BCUT2D eigenvalue weighted by Crippen LogP contribution is 2.40. The molecule has 3 heteroatoms. The number of rotatable bonds is 1. The predicted octanol–water partition coefficient (Wildman–Crippen LogP) is 1.89. The van der Waals surface area contributed by atoms with Gasteiger partial charge in [0.15, 0.2) is 0 Å². The van der Waals surface area contributed by atoms with Gasteiger partial charge in [0.1, 0.15) is 0 Å². The molecular formula is C14H18N2O. The van der Waals surface area contributed by atoms with Crippen LogP contribution in [0.4, 0.5) is 5.69 Å². The predicted molar refractivity (Wildman–Crippen MR) is 68.2 cm³/mol. The Morgan fingerprint density at radius 3 is 3.06 bits per heavy atom. The molecule has 0 aliphatic carbocycles. The van der Waals surface area contributed by atoms with Crippen molar-refractivity contribution in [3.8, 4) is 0 Å². The molecule has 3 nitrogen and oxygen atoms in total. The largest absolute Gasteiger partial charge is 0.325 e.